The molecular formula is C32H34N2O2S. The van der Waals surface area contributed by atoms with E-state index < -0.39 is 0 Å². The van der Waals surface area contributed by atoms with Gasteiger partial charge in [-0.2, -0.15) is 0 Å². The lowest BCUT2D eigenvalue weighted by molar-refractivity contribution is 0.104. The van der Waals surface area contributed by atoms with Crippen LogP contribution in [0, 0.1) is 0 Å². The number of hydrogen-bond donors (Lipinski definition) is 0. The number of fused-ring (bicyclic) bond motifs is 1. The van der Waals surface area contributed by atoms with E-state index in [1.165, 1.54) is 63.0 Å². The first-order valence-corrected chi connectivity index (χ1v) is 14.3. The first-order valence-electron chi connectivity index (χ1n) is 13.5. The Morgan fingerprint density at radius 3 is 1.92 bits per heavy atom. The number of thiophene rings is 1. The Morgan fingerprint density at radius 2 is 1.35 bits per heavy atom. The minimum Gasteiger partial charge on any atom is -0.497 e. The van der Waals surface area contributed by atoms with Crippen LogP contribution in [-0.2, 0) is 13.1 Å². The average molecular weight is 511 g/mol. The van der Waals surface area contributed by atoms with Gasteiger partial charge in [-0.25, -0.2) is 0 Å². The van der Waals surface area contributed by atoms with Crippen molar-refractivity contribution in [3.05, 3.63) is 89.0 Å². The largest absolute Gasteiger partial charge is 0.497 e. The third kappa shape index (κ3) is 5.22. The second kappa shape index (κ2) is 10.8. The van der Waals surface area contributed by atoms with Crippen LogP contribution in [0.15, 0.2) is 66.7 Å². The van der Waals surface area contributed by atoms with Crippen LogP contribution in [0.25, 0.3) is 20.5 Å². The maximum Gasteiger partial charge on any atom is 0.195 e. The maximum atomic E-state index is 14.0. The van der Waals surface area contributed by atoms with Gasteiger partial charge in [0.1, 0.15) is 5.75 Å². The summed E-state index contributed by atoms with van der Waals surface area (Å²) in [6, 6.07) is 23.1. The van der Waals surface area contributed by atoms with Crippen LogP contribution in [0.3, 0.4) is 0 Å². The molecule has 0 radical (unpaired) electrons. The monoisotopic (exact) mass is 510 g/mol. The molecule has 0 unspecified atom stereocenters. The Bertz CT molecular complexity index is 1380. The molecule has 4 nitrogen and oxygen atoms in total. The molecule has 6 rings (SSSR count). The fourth-order valence-corrected chi connectivity index (χ4v) is 6.93. The topological polar surface area (TPSA) is 32.8 Å². The summed E-state index contributed by atoms with van der Waals surface area (Å²) in [6.07, 6.45) is 5.17. The third-order valence-electron chi connectivity index (χ3n) is 7.77. The Morgan fingerprint density at radius 1 is 0.784 bits per heavy atom. The fourth-order valence-electron chi connectivity index (χ4n) is 5.70. The van der Waals surface area contributed by atoms with Gasteiger partial charge in [0.05, 0.1) is 7.11 Å². The first kappa shape index (κ1) is 24.4. The molecule has 2 fully saturated rings. The molecule has 0 atom stereocenters. The molecule has 4 aromatic rings. The van der Waals surface area contributed by atoms with E-state index in [9.17, 15) is 4.79 Å². The van der Waals surface area contributed by atoms with Crippen LogP contribution in [0.4, 0.5) is 0 Å². The van der Waals surface area contributed by atoms with Crippen molar-refractivity contribution in [3.63, 3.8) is 0 Å². The van der Waals surface area contributed by atoms with E-state index in [-0.39, 0.29) is 5.78 Å². The predicted octanol–water partition coefficient (Wildman–Crippen LogP) is 7.00. The lowest BCUT2D eigenvalue weighted by Gasteiger charge is -2.15. The van der Waals surface area contributed by atoms with E-state index in [1.807, 2.05) is 30.3 Å². The summed E-state index contributed by atoms with van der Waals surface area (Å²) in [6.45, 7) is 6.69. The van der Waals surface area contributed by atoms with Gasteiger partial charge in [0.25, 0.3) is 0 Å². The smallest absolute Gasteiger partial charge is 0.195 e. The van der Waals surface area contributed by atoms with E-state index in [0.29, 0.717) is 0 Å². The Kier molecular flexibility index (Phi) is 7.10. The van der Waals surface area contributed by atoms with E-state index >= 15 is 0 Å². The molecule has 2 aliphatic heterocycles. The standard InChI is InChI=1S/C32H34N2O2S/c1-36-27-14-15-28-29(20-27)37-32(26-12-8-24(9-13-26)22-34-18-4-5-19-34)30(28)31(35)25-10-6-23(7-11-25)21-33-16-2-3-17-33/h6-15,20H,2-5,16-19,21-22H2,1H3. The highest BCUT2D eigenvalue weighted by atomic mass is 32.1. The summed E-state index contributed by atoms with van der Waals surface area (Å²) in [5.41, 5.74) is 5.23. The van der Waals surface area contributed by atoms with Gasteiger partial charge < -0.3 is 4.74 Å². The second-order valence-electron chi connectivity index (χ2n) is 10.4. The van der Waals surface area contributed by atoms with Crippen LogP contribution in [-0.4, -0.2) is 48.9 Å². The van der Waals surface area contributed by atoms with E-state index in [1.54, 1.807) is 18.4 Å². The van der Waals surface area contributed by atoms with Crippen molar-refractivity contribution in [1.82, 2.24) is 9.80 Å². The summed E-state index contributed by atoms with van der Waals surface area (Å²) in [5, 5.41) is 0.994. The number of carbonyl (C=O) groups is 1. The molecule has 5 heteroatoms. The van der Waals surface area contributed by atoms with Crippen molar-refractivity contribution in [2.75, 3.05) is 33.3 Å². The van der Waals surface area contributed by atoms with Gasteiger partial charge in [-0.3, -0.25) is 14.6 Å². The van der Waals surface area contributed by atoms with Gasteiger partial charge >= 0.3 is 0 Å². The molecule has 2 saturated heterocycles. The summed E-state index contributed by atoms with van der Waals surface area (Å²) < 4.78 is 6.56. The van der Waals surface area contributed by atoms with E-state index in [0.717, 1.165) is 50.5 Å². The number of rotatable bonds is 8. The van der Waals surface area contributed by atoms with Crippen LogP contribution < -0.4 is 4.74 Å². The normalized spacial score (nSPS) is 16.6. The fraction of sp³-hybridized carbons (Fsp3) is 0.344. The molecule has 37 heavy (non-hydrogen) atoms. The van der Waals surface area contributed by atoms with Crippen molar-refractivity contribution >= 4 is 27.2 Å². The minimum absolute atomic E-state index is 0.0836. The lowest BCUT2D eigenvalue weighted by Crippen LogP contribution is -2.18. The van der Waals surface area contributed by atoms with Gasteiger partial charge in [0.15, 0.2) is 5.78 Å². The summed E-state index contributed by atoms with van der Waals surface area (Å²) in [7, 11) is 1.69. The van der Waals surface area contributed by atoms with Gasteiger partial charge in [0, 0.05) is 39.2 Å². The molecule has 1 aromatic heterocycles. The van der Waals surface area contributed by atoms with Gasteiger partial charge in [-0.1, -0.05) is 48.5 Å². The summed E-state index contributed by atoms with van der Waals surface area (Å²) in [5.74, 6) is 0.895. The van der Waals surface area contributed by atoms with Gasteiger partial charge in [-0.05, 0) is 86.8 Å². The molecule has 0 spiro atoms. The SMILES string of the molecule is COc1ccc2c(C(=O)c3ccc(CN4CCCC4)cc3)c(-c3ccc(CN4CCCC4)cc3)sc2c1. The number of carbonyl (C=O) groups excluding carboxylic acids is 1. The molecule has 0 aliphatic carbocycles. The molecule has 0 saturated carbocycles. The Labute approximate surface area is 223 Å². The zero-order valence-corrected chi connectivity index (χ0v) is 22.4. The number of hydrogen-bond acceptors (Lipinski definition) is 5. The molecule has 0 bridgehead atoms. The van der Waals surface area contributed by atoms with Crippen LogP contribution in [0.1, 0.15) is 52.7 Å². The molecule has 0 amide bonds. The van der Waals surface area contributed by atoms with Crippen molar-refractivity contribution < 1.29 is 9.53 Å². The van der Waals surface area contributed by atoms with E-state index in [4.69, 9.17) is 4.74 Å². The average Bonchev–Trinajstić information content (AvgIpc) is 3.70. The lowest BCUT2D eigenvalue weighted by atomic mass is 9.96. The van der Waals surface area contributed by atoms with Crippen LogP contribution in [0.5, 0.6) is 5.75 Å². The zero-order valence-electron chi connectivity index (χ0n) is 21.5. The third-order valence-corrected chi connectivity index (χ3v) is 8.97. The zero-order chi connectivity index (χ0) is 25.2. The molecule has 0 N–H and O–H groups in total. The van der Waals surface area contributed by atoms with Gasteiger partial charge in [-0.15, -0.1) is 11.3 Å². The van der Waals surface area contributed by atoms with Crippen molar-refractivity contribution in [2.24, 2.45) is 0 Å². The molecule has 3 aromatic carbocycles. The molecule has 2 aliphatic rings. The maximum absolute atomic E-state index is 14.0. The number of ketones is 1. The molecule has 190 valence electrons. The van der Waals surface area contributed by atoms with Crippen molar-refractivity contribution in [1.29, 1.82) is 0 Å². The highest BCUT2D eigenvalue weighted by Crippen LogP contribution is 2.41. The first-order chi connectivity index (χ1) is 18.2. The number of nitrogens with zero attached hydrogens (tertiary/aromatic N) is 2. The van der Waals surface area contributed by atoms with Crippen molar-refractivity contribution in [2.45, 2.75) is 38.8 Å². The molecular weight excluding hydrogens is 476 g/mol. The second-order valence-corrected chi connectivity index (χ2v) is 11.4. The summed E-state index contributed by atoms with van der Waals surface area (Å²) >= 11 is 1.67. The number of methoxy groups -OCH3 is 1. The quantitative estimate of drug-likeness (QED) is 0.239. The molecule has 3 heterocycles. The van der Waals surface area contributed by atoms with Crippen LogP contribution in [0.2, 0.25) is 0 Å². The van der Waals surface area contributed by atoms with Crippen LogP contribution >= 0.6 is 11.3 Å². The van der Waals surface area contributed by atoms with E-state index in [2.05, 4.69) is 46.2 Å². The van der Waals surface area contributed by atoms with Gasteiger partial charge in [0.2, 0.25) is 0 Å². The highest BCUT2D eigenvalue weighted by molar-refractivity contribution is 7.22. The number of likely N-dealkylation sites (tertiary alicyclic amines) is 2. The Hall–Kier alpha value is -2.99. The number of ether oxygens (including phenoxy) is 1. The van der Waals surface area contributed by atoms with Crippen molar-refractivity contribution in [3.8, 4) is 16.2 Å². The number of benzene rings is 3. The minimum atomic E-state index is 0.0836. The summed E-state index contributed by atoms with van der Waals surface area (Å²) in [4.78, 5) is 20.0. The predicted molar refractivity (Wildman–Crippen MR) is 153 cm³/mol. The highest BCUT2D eigenvalue weighted by Gasteiger charge is 2.22. The Balaban J connectivity index is 1.33.